The number of nitrogens with one attached hydrogen (secondary N) is 1. The van der Waals surface area contributed by atoms with E-state index >= 15 is 0 Å². The SMILES string of the molecule is CCOC(=O)c1cnn(-c2cccc(F)c2)c1CNCc1ccccn1. The van der Waals surface area contributed by atoms with Gasteiger partial charge in [0.1, 0.15) is 11.4 Å². The third kappa shape index (κ3) is 4.12. The van der Waals surface area contributed by atoms with E-state index in [1.165, 1.54) is 18.3 Å². The number of nitrogens with zero attached hydrogens (tertiary/aromatic N) is 3. The number of aromatic nitrogens is 3. The second-order valence-electron chi connectivity index (χ2n) is 5.54. The molecule has 2 aromatic heterocycles. The Morgan fingerprint density at radius 3 is 2.85 bits per heavy atom. The summed E-state index contributed by atoms with van der Waals surface area (Å²) in [5, 5.41) is 7.49. The standard InChI is InChI=1S/C19H19FN4O2/c1-2-26-19(25)17-12-23-24(16-8-5-6-14(20)10-16)18(17)13-21-11-15-7-3-4-9-22-15/h3-10,12,21H,2,11,13H2,1H3. The maximum atomic E-state index is 13.6. The van der Waals surface area contributed by atoms with Crippen molar-refractivity contribution in [1.82, 2.24) is 20.1 Å². The van der Waals surface area contributed by atoms with Crippen LogP contribution in [0, 0.1) is 5.82 Å². The van der Waals surface area contributed by atoms with Gasteiger partial charge >= 0.3 is 5.97 Å². The second kappa shape index (κ2) is 8.35. The van der Waals surface area contributed by atoms with Gasteiger partial charge in [-0.15, -0.1) is 0 Å². The maximum Gasteiger partial charge on any atom is 0.341 e. The zero-order valence-corrected chi connectivity index (χ0v) is 14.4. The van der Waals surface area contributed by atoms with Crippen molar-refractivity contribution in [2.24, 2.45) is 0 Å². The van der Waals surface area contributed by atoms with Crippen LogP contribution in [0.4, 0.5) is 4.39 Å². The second-order valence-corrected chi connectivity index (χ2v) is 5.54. The average Bonchev–Trinajstić information content (AvgIpc) is 3.07. The van der Waals surface area contributed by atoms with E-state index in [0.717, 1.165) is 5.69 Å². The minimum absolute atomic E-state index is 0.269. The maximum absolute atomic E-state index is 13.6. The molecule has 0 aliphatic carbocycles. The van der Waals surface area contributed by atoms with Gasteiger partial charge in [0.2, 0.25) is 0 Å². The molecule has 0 unspecified atom stereocenters. The number of benzene rings is 1. The van der Waals surface area contributed by atoms with Crippen molar-refractivity contribution < 1.29 is 13.9 Å². The Labute approximate surface area is 150 Å². The van der Waals surface area contributed by atoms with E-state index in [9.17, 15) is 9.18 Å². The highest BCUT2D eigenvalue weighted by molar-refractivity contribution is 5.90. The van der Waals surface area contributed by atoms with E-state index in [1.807, 2.05) is 18.2 Å². The number of hydrogen-bond donors (Lipinski definition) is 1. The summed E-state index contributed by atoms with van der Waals surface area (Å²) < 4.78 is 20.2. The van der Waals surface area contributed by atoms with Crippen molar-refractivity contribution in [3.05, 3.63) is 77.6 Å². The van der Waals surface area contributed by atoms with Crippen molar-refractivity contribution >= 4 is 5.97 Å². The predicted molar refractivity (Wildman–Crippen MR) is 94.3 cm³/mol. The number of ether oxygens (including phenoxy) is 1. The molecule has 0 aliphatic rings. The summed E-state index contributed by atoms with van der Waals surface area (Å²) in [6, 6.07) is 11.7. The van der Waals surface area contributed by atoms with Gasteiger partial charge in [0.25, 0.3) is 0 Å². The largest absolute Gasteiger partial charge is 0.462 e. The first-order valence-electron chi connectivity index (χ1n) is 8.29. The predicted octanol–water partition coefficient (Wildman–Crippen LogP) is 2.87. The molecule has 0 aliphatic heterocycles. The van der Waals surface area contributed by atoms with Crippen LogP contribution in [0.5, 0.6) is 0 Å². The van der Waals surface area contributed by atoms with Crippen LogP contribution >= 0.6 is 0 Å². The number of pyridine rings is 1. The Morgan fingerprint density at radius 2 is 2.12 bits per heavy atom. The third-order valence-electron chi connectivity index (χ3n) is 3.74. The minimum atomic E-state index is -0.454. The molecule has 0 saturated carbocycles. The number of halogens is 1. The highest BCUT2D eigenvalue weighted by Gasteiger charge is 2.19. The summed E-state index contributed by atoms with van der Waals surface area (Å²) >= 11 is 0. The van der Waals surface area contributed by atoms with Crippen molar-refractivity contribution in [2.45, 2.75) is 20.0 Å². The van der Waals surface area contributed by atoms with E-state index in [1.54, 1.807) is 29.9 Å². The minimum Gasteiger partial charge on any atom is -0.462 e. The van der Waals surface area contributed by atoms with Gasteiger partial charge < -0.3 is 10.1 Å². The zero-order valence-electron chi connectivity index (χ0n) is 14.4. The van der Waals surface area contributed by atoms with E-state index in [2.05, 4.69) is 15.4 Å². The average molecular weight is 354 g/mol. The molecule has 0 fully saturated rings. The number of hydrogen-bond acceptors (Lipinski definition) is 5. The fourth-order valence-electron chi connectivity index (χ4n) is 2.57. The molecule has 1 N–H and O–H groups in total. The lowest BCUT2D eigenvalue weighted by Gasteiger charge is -2.11. The van der Waals surface area contributed by atoms with Crippen molar-refractivity contribution in [2.75, 3.05) is 6.61 Å². The van der Waals surface area contributed by atoms with Gasteiger partial charge in [-0.05, 0) is 37.3 Å². The summed E-state index contributed by atoms with van der Waals surface area (Å²) in [6.45, 7) is 2.89. The van der Waals surface area contributed by atoms with Gasteiger partial charge in [-0.1, -0.05) is 12.1 Å². The van der Waals surface area contributed by atoms with Crippen LogP contribution < -0.4 is 5.32 Å². The molecule has 0 spiro atoms. The van der Waals surface area contributed by atoms with Crippen molar-refractivity contribution in [3.63, 3.8) is 0 Å². The molecule has 0 bridgehead atoms. The van der Waals surface area contributed by atoms with Crippen LogP contribution in [-0.4, -0.2) is 27.3 Å². The normalized spacial score (nSPS) is 10.7. The molecular formula is C19H19FN4O2. The summed E-state index contributed by atoms with van der Waals surface area (Å²) in [5.74, 6) is -0.826. The molecule has 3 aromatic rings. The molecule has 0 saturated heterocycles. The van der Waals surface area contributed by atoms with Crippen LogP contribution in [0.25, 0.3) is 5.69 Å². The van der Waals surface area contributed by atoms with E-state index in [4.69, 9.17) is 4.74 Å². The van der Waals surface area contributed by atoms with Gasteiger partial charge in [0.05, 0.1) is 29.9 Å². The van der Waals surface area contributed by atoms with Gasteiger partial charge in [0.15, 0.2) is 0 Å². The van der Waals surface area contributed by atoms with Gasteiger partial charge in [-0.25, -0.2) is 13.9 Å². The molecule has 134 valence electrons. The first-order chi connectivity index (χ1) is 12.7. The van der Waals surface area contributed by atoms with Gasteiger partial charge in [-0.3, -0.25) is 4.98 Å². The summed E-state index contributed by atoms with van der Waals surface area (Å²) in [7, 11) is 0. The monoisotopic (exact) mass is 354 g/mol. The molecule has 1 aromatic carbocycles. The van der Waals surface area contributed by atoms with Crippen LogP contribution in [0.1, 0.15) is 28.7 Å². The number of rotatable bonds is 7. The molecule has 0 radical (unpaired) electrons. The lowest BCUT2D eigenvalue weighted by atomic mass is 10.2. The quantitative estimate of drug-likeness (QED) is 0.661. The molecule has 0 atom stereocenters. The highest BCUT2D eigenvalue weighted by Crippen LogP contribution is 2.17. The topological polar surface area (TPSA) is 69.0 Å². The molecule has 2 heterocycles. The van der Waals surface area contributed by atoms with Crippen molar-refractivity contribution in [3.8, 4) is 5.69 Å². The van der Waals surface area contributed by atoms with Crippen molar-refractivity contribution in [1.29, 1.82) is 0 Å². The fourth-order valence-corrected chi connectivity index (χ4v) is 2.57. The Morgan fingerprint density at radius 1 is 1.23 bits per heavy atom. The number of carbonyl (C=O) groups is 1. The Hall–Kier alpha value is -3.06. The highest BCUT2D eigenvalue weighted by atomic mass is 19.1. The first-order valence-corrected chi connectivity index (χ1v) is 8.29. The lowest BCUT2D eigenvalue weighted by Crippen LogP contribution is -2.19. The molecular weight excluding hydrogens is 335 g/mol. The van der Waals surface area contributed by atoms with Gasteiger partial charge in [0, 0.05) is 19.3 Å². The summed E-state index contributed by atoms with van der Waals surface area (Å²) in [6.07, 6.45) is 3.17. The van der Waals surface area contributed by atoms with E-state index in [0.29, 0.717) is 30.0 Å². The Bertz CT molecular complexity index is 880. The van der Waals surface area contributed by atoms with Crippen LogP contribution in [-0.2, 0) is 17.8 Å². The number of esters is 1. The summed E-state index contributed by atoms with van der Waals surface area (Å²) in [4.78, 5) is 16.5. The Balaban J connectivity index is 1.86. The molecule has 6 nitrogen and oxygen atoms in total. The smallest absolute Gasteiger partial charge is 0.341 e. The lowest BCUT2D eigenvalue weighted by molar-refractivity contribution is 0.0525. The molecule has 7 heteroatoms. The first kappa shape index (κ1) is 17.8. The van der Waals surface area contributed by atoms with E-state index in [-0.39, 0.29) is 12.4 Å². The number of carbonyl (C=O) groups excluding carboxylic acids is 1. The Kier molecular flexibility index (Phi) is 5.70. The van der Waals surface area contributed by atoms with Crippen LogP contribution in [0.3, 0.4) is 0 Å². The van der Waals surface area contributed by atoms with Crippen LogP contribution in [0.2, 0.25) is 0 Å². The van der Waals surface area contributed by atoms with E-state index < -0.39 is 5.97 Å². The third-order valence-corrected chi connectivity index (χ3v) is 3.74. The fraction of sp³-hybridized carbons (Fsp3) is 0.211. The molecule has 26 heavy (non-hydrogen) atoms. The summed E-state index contributed by atoms with van der Waals surface area (Å²) in [5.41, 5.74) is 2.37. The van der Waals surface area contributed by atoms with Gasteiger partial charge in [-0.2, -0.15) is 5.10 Å². The van der Waals surface area contributed by atoms with Crippen LogP contribution in [0.15, 0.2) is 54.9 Å². The molecule has 3 rings (SSSR count). The zero-order chi connectivity index (χ0) is 18.4. The molecule has 0 amide bonds.